The lowest BCUT2D eigenvalue weighted by molar-refractivity contribution is -0.123. The predicted octanol–water partition coefficient (Wildman–Crippen LogP) is 2.04. The molecule has 1 N–H and O–H groups in total. The summed E-state index contributed by atoms with van der Waals surface area (Å²) in [6, 6.07) is 4.49. The zero-order valence-electron chi connectivity index (χ0n) is 9.83. The number of amides is 1. The monoisotopic (exact) mass is 237 g/mol. The molecule has 0 spiro atoms. The first-order chi connectivity index (χ1) is 8.15. The molecule has 1 aromatic rings. The van der Waals surface area contributed by atoms with E-state index in [1.165, 1.54) is 12.1 Å². The summed E-state index contributed by atoms with van der Waals surface area (Å²) in [7, 11) is 0. The minimum absolute atomic E-state index is 0.0702. The van der Waals surface area contributed by atoms with Gasteiger partial charge in [-0.25, -0.2) is 4.39 Å². The van der Waals surface area contributed by atoms with Crippen molar-refractivity contribution in [3.8, 4) is 5.75 Å². The van der Waals surface area contributed by atoms with E-state index in [4.69, 9.17) is 4.74 Å². The molecule has 92 valence electrons. The molecule has 0 bridgehead atoms. The van der Waals surface area contributed by atoms with Gasteiger partial charge in [0, 0.05) is 24.9 Å². The van der Waals surface area contributed by atoms with Crippen molar-refractivity contribution in [3.05, 3.63) is 29.6 Å². The Bertz CT molecular complexity index is 420. The van der Waals surface area contributed by atoms with E-state index in [0.29, 0.717) is 25.3 Å². The molecule has 1 fully saturated rings. The first kappa shape index (κ1) is 11.9. The van der Waals surface area contributed by atoms with Gasteiger partial charge < -0.3 is 10.1 Å². The molecule has 1 atom stereocenters. The van der Waals surface area contributed by atoms with E-state index in [1.807, 2.05) is 6.92 Å². The zero-order valence-corrected chi connectivity index (χ0v) is 9.83. The van der Waals surface area contributed by atoms with E-state index in [9.17, 15) is 9.18 Å². The molecular weight excluding hydrogens is 221 g/mol. The normalized spacial score (nSPS) is 19.9. The minimum Gasteiger partial charge on any atom is -0.493 e. The van der Waals surface area contributed by atoms with Crippen LogP contribution in [-0.4, -0.2) is 19.1 Å². The Morgan fingerprint density at radius 3 is 3.12 bits per heavy atom. The summed E-state index contributed by atoms with van der Waals surface area (Å²) in [4.78, 5) is 11.2. The van der Waals surface area contributed by atoms with E-state index >= 15 is 0 Å². The van der Waals surface area contributed by atoms with Crippen molar-refractivity contribution in [3.63, 3.8) is 0 Å². The molecule has 4 heteroatoms. The second-order valence-corrected chi connectivity index (χ2v) is 4.43. The van der Waals surface area contributed by atoms with Crippen LogP contribution in [0.25, 0.3) is 0 Å². The first-order valence-corrected chi connectivity index (χ1v) is 5.81. The molecular formula is C13H16FNO2. The van der Waals surface area contributed by atoms with Crippen molar-refractivity contribution in [1.82, 2.24) is 5.32 Å². The molecule has 0 saturated carbocycles. The Balaban J connectivity index is 1.92. The summed E-state index contributed by atoms with van der Waals surface area (Å²) in [5, 5.41) is 2.78. The fourth-order valence-corrected chi connectivity index (χ4v) is 1.93. The topological polar surface area (TPSA) is 38.3 Å². The fourth-order valence-electron chi connectivity index (χ4n) is 1.93. The molecule has 3 nitrogen and oxygen atoms in total. The SMILES string of the molecule is Cc1ccc(F)cc1OCC1CCNC(=O)C1. The number of carbonyl (C=O) groups is 1. The van der Waals surface area contributed by atoms with Crippen molar-refractivity contribution in [2.45, 2.75) is 19.8 Å². The highest BCUT2D eigenvalue weighted by Gasteiger charge is 2.19. The molecule has 1 heterocycles. The van der Waals surface area contributed by atoms with Crippen molar-refractivity contribution in [2.75, 3.05) is 13.2 Å². The van der Waals surface area contributed by atoms with Crippen molar-refractivity contribution < 1.29 is 13.9 Å². The summed E-state index contributed by atoms with van der Waals surface area (Å²) in [6.45, 7) is 3.05. The molecule has 2 rings (SSSR count). The van der Waals surface area contributed by atoms with Crippen LogP contribution in [-0.2, 0) is 4.79 Å². The van der Waals surface area contributed by atoms with E-state index in [1.54, 1.807) is 6.07 Å². The summed E-state index contributed by atoms with van der Waals surface area (Å²) < 4.78 is 18.6. The van der Waals surface area contributed by atoms with Gasteiger partial charge in [0.1, 0.15) is 11.6 Å². The molecule has 1 aliphatic rings. The van der Waals surface area contributed by atoms with Crippen LogP contribution in [0, 0.1) is 18.7 Å². The highest BCUT2D eigenvalue weighted by Crippen LogP contribution is 2.21. The van der Waals surface area contributed by atoms with E-state index in [2.05, 4.69) is 5.32 Å². The second-order valence-electron chi connectivity index (χ2n) is 4.43. The quantitative estimate of drug-likeness (QED) is 0.873. The van der Waals surface area contributed by atoms with Crippen molar-refractivity contribution in [2.24, 2.45) is 5.92 Å². The number of piperidine rings is 1. The Morgan fingerprint density at radius 1 is 1.53 bits per heavy atom. The van der Waals surface area contributed by atoms with Crippen molar-refractivity contribution >= 4 is 5.91 Å². The number of benzene rings is 1. The predicted molar refractivity (Wildman–Crippen MR) is 62.4 cm³/mol. The standard InChI is InChI=1S/C13H16FNO2/c1-9-2-3-11(14)7-12(9)17-8-10-4-5-15-13(16)6-10/h2-3,7,10H,4-6,8H2,1H3,(H,15,16). The Labute approximate surface area is 100.0 Å². The van der Waals surface area contributed by atoms with Gasteiger partial charge in [-0.3, -0.25) is 4.79 Å². The lowest BCUT2D eigenvalue weighted by atomic mass is 9.99. The number of halogens is 1. The number of rotatable bonds is 3. The first-order valence-electron chi connectivity index (χ1n) is 5.81. The number of aryl methyl sites for hydroxylation is 1. The summed E-state index contributed by atoms with van der Waals surface area (Å²) in [6.07, 6.45) is 1.41. The van der Waals surface area contributed by atoms with Gasteiger partial charge in [-0.05, 0) is 25.0 Å². The highest BCUT2D eigenvalue weighted by molar-refractivity contribution is 5.76. The van der Waals surface area contributed by atoms with Crippen LogP contribution >= 0.6 is 0 Å². The molecule has 1 amide bonds. The van der Waals surface area contributed by atoms with Crippen LogP contribution in [0.5, 0.6) is 5.75 Å². The van der Waals surface area contributed by atoms with Gasteiger partial charge in [0.15, 0.2) is 0 Å². The Kier molecular flexibility index (Phi) is 3.61. The van der Waals surface area contributed by atoms with Crippen LogP contribution in [0.1, 0.15) is 18.4 Å². The molecule has 0 aromatic heterocycles. The van der Waals surface area contributed by atoms with E-state index < -0.39 is 0 Å². The highest BCUT2D eigenvalue weighted by atomic mass is 19.1. The maximum atomic E-state index is 13.0. The molecule has 17 heavy (non-hydrogen) atoms. The number of carbonyl (C=O) groups excluding carboxylic acids is 1. The number of nitrogens with one attached hydrogen (secondary N) is 1. The molecule has 1 aliphatic heterocycles. The summed E-state index contributed by atoms with van der Waals surface area (Å²) in [5.74, 6) is 0.565. The molecule has 0 radical (unpaired) electrons. The van der Waals surface area contributed by atoms with Gasteiger partial charge in [-0.2, -0.15) is 0 Å². The fraction of sp³-hybridized carbons (Fsp3) is 0.462. The average molecular weight is 237 g/mol. The van der Waals surface area contributed by atoms with Gasteiger partial charge >= 0.3 is 0 Å². The van der Waals surface area contributed by atoms with Gasteiger partial charge in [0.25, 0.3) is 0 Å². The third-order valence-electron chi connectivity index (χ3n) is 2.97. The molecule has 1 aromatic carbocycles. The van der Waals surface area contributed by atoms with Crippen LogP contribution in [0.15, 0.2) is 18.2 Å². The van der Waals surface area contributed by atoms with Gasteiger partial charge in [0.05, 0.1) is 6.61 Å². The molecule has 0 aliphatic carbocycles. The zero-order chi connectivity index (χ0) is 12.3. The van der Waals surface area contributed by atoms with Crippen molar-refractivity contribution in [1.29, 1.82) is 0 Å². The Hall–Kier alpha value is -1.58. The van der Waals surface area contributed by atoms with Crippen LogP contribution in [0.4, 0.5) is 4.39 Å². The Morgan fingerprint density at radius 2 is 2.35 bits per heavy atom. The van der Waals surface area contributed by atoms with E-state index in [0.717, 1.165) is 12.0 Å². The minimum atomic E-state index is -0.299. The maximum Gasteiger partial charge on any atom is 0.220 e. The molecule has 1 saturated heterocycles. The van der Waals surface area contributed by atoms with E-state index in [-0.39, 0.29) is 17.6 Å². The summed E-state index contributed by atoms with van der Waals surface area (Å²) >= 11 is 0. The van der Waals surface area contributed by atoms with Gasteiger partial charge in [-0.15, -0.1) is 0 Å². The van der Waals surface area contributed by atoms with Gasteiger partial charge in [0.2, 0.25) is 5.91 Å². The number of ether oxygens (including phenoxy) is 1. The smallest absolute Gasteiger partial charge is 0.220 e. The largest absolute Gasteiger partial charge is 0.493 e. The lowest BCUT2D eigenvalue weighted by Crippen LogP contribution is -2.35. The van der Waals surface area contributed by atoms with Gasteiger partial charge in [-0.1, -0.05) is 6.07 Å². The third kappa shape index (κ3) is 3.19. The maximum absolute atomic E-state index is 13.0. The number of hydrogen-bond acceptors (Lipinski definition) is 2. The van der Waals surface area contributed by atoms with Crippen LogP contribution in [0.2, 0.25) is 0 Å². The second kappa shape index (κ2) is 5.17. The molecule has 1 unspecified atom stereocenters. The average Bonchev–Trinajstić information content (AvgIpc) is 2.30. The summed E-state index contributed by atoms with van der Waals surface area (Å²) in [5.41, 5.74) is 0.909. The third-order valence-corrected chi connectivity index (χ3v) is 2.97. The van der Waals surface area contributed by atoms with Crippen LogP contribution in [0.3, 0.4) is 0 Å². The number of hydrogen-bond donors (Lipinski definition) is 1. The lowest BCUT2D eigenvalue weighted by Gasteiger charge is -2.22. The van der Waals surface area contributed by atoms with Crippen LogP contribution < -0.4 is 10.1 Å².